The maximum absolute atomic E-state index is 13.2. The van der Waals surface area contributed by atoms with Gasteiger partial charge >= 0.3 is 0 Å². The van der Waals surface area contributed by atoms with Gasteiger partial charge < -0.3 is 0 Å². The predicted molar refractivity (Wildman–Crippen MR) is 95.0 cm³/mol. The van der Waals surface area contributed by atoms with Gasteiger partial charge in [-0.25, -0.2) is 8.42 Å². The Morgan fingerprint density at radius 2 is 1.83 bits per heavy atom. The van der Waals surface area contributed by atoms with E-state index < -0.39 is 10.0 Å². The minimum absolute atomic E-state index is 0.269. The monoisotopic (exact) mass is 355 g/mol. The molecule has 2 heterocycles. The maximum atomic E-state index is 13.2. The molecule has 0 N–H and O–H groups in total. The van der Waals surface area contributed by atoms with Crippen molar-refractivity contribution in [3.05, 3.63) is 23.7 Å². The van der Waals surface area contributed by atoms with Crippen LogP contribution in [0.3, 0.4) is 0 Å². The topological polar surface area (TPSA) is 55.2 Å². The molecule has 0 saturated carbocycles. The van der Waals surface area contributed by atoms with E-state index in [9.17, 15) is 8.42 Å². The number of thiophene rings is 1. The average molecular weight is 356 g/mol. The zero-order chi connectivity index (χ0) is 17.2. The normalized spacial score (nSPS) is 12.7. The largest absolute Gasteiger partial charge is 0.274 e. The van der Waals surface area contributed by atoms with Crippen molar-refractivity contribution in [3.63, 3.8) is 0 Å². The Balaban J connectivity index is 2.49. The van der Waals surface area contributed by atoms with Gasteiger partial charge in [0.1, 0.15) is 10.6 Å². The summed E-state index contributed by atoms with van der Waals surface area (Å²) in [5.41, 5.74) is 0.542. The van der Waals surface area contributed by atoms with Gasteiger partial charge in [-0.2, -0.15) is 9.40 Å². The summed E-state index contributed by atoms with van der Waals surface area (Å²) >= 11 is 1.50. The minimum atomic E-state index is -3.57. The summed E-state index contributed by atoms with van der Waals surface area (Å²) in [6.07, 6.45) is 1.61. The molecular formula is C16H25N3O2S2. The van der Waals surface area contributed by atoms with Crippen molar-refractivity contribution in [2.24, 2.45) is 18.9 Å². The molecule has 7 heteroatoms. The summed E-state index contributed by atoms with van der Waals surface area (Å²) in [5.74, 6) is 0.538. The SMILES string of the molecule is CC(C)CN(CC(C)C)S(=O)(=O)c1cn(C)nc1-c1cccs1. The highest BCUT2D eigenvalue weighted by atomic mass is 32.2. The summed E-state index contributed by atoms with van der Waals surface area (Å²) in [7, 11) is -1.82. The first kappa shape index (κ1) is 18.2. The molecule has 0 aliphatic carbocycles. The Morgan fingerprint density at radius 3 is 2.30 bits per heavy atom. The lowest BCUT2D eigenvalue weighted by Gasteiger charge is -2.25. The number of rotatable bonds is 7. The fourth-order valence-electron chi connectivity index (χ4n) is 2.46. The fourth-order valence-corrected chi connectivity index (χ4v) is 5.20. The van der Waals surface area contributed by atoms with Crippen molar-refractivity contribution in [2.45, 2.75) is 32.6 Å². The lowest BCUT2D eigenvalue weighted by molar-refractivity contribution is 0.333. The fraction of sp³-hybridized carbons (Fsp3) is 0.562. The van der Waals surface area contributed by atoms with Gasteiger partial charge in [0.2, 0.25) is 10.0 Å². The van der Waals surface area contributed by atoms with Crippen molar-refractivity contribution in [2.75, 3.05) is 13.1 Å². The van der Waals surface area contributed by atoms with Crippen LogP contribution >= 0.6 is 11.3 Å². The van der Waals surface area contributed by atoms with E-state index in [0.717, 1.165) is 4.88 Å². The second kappa shape index (κ2) is 7.15. The van der Waals surface area contributed by atoms with Gasteiger partial charge in [0.15, 0.2) is 0 Å². The van der Waals surface area contributed by atoms with Crippen LogP contribution in [0.5, 0.6) is 0 Å². The molecule has 2 aromatic rings. The van der Waals surface area contributed by atoms with E-state index in [2.05, 4.69) is 5.10 Å². The molecule has 0 aromatic carbocycles. The molecule has 5 nitrogen and oxygen atoms in total. The second-order valence-electron chi connectivity index (χ2n) is 6.60. The highest BCUT2D eigenvalue weighted by molar-refractivity contribution is 7.89. The molecule has 128 valence electrons. The molecule has 2 rings (SSSR count). The van der Waals surface area contributed by atoms with E-state index in [1.165, 1.54) is 11.3 Å². The maximum Gasteiger partial charge on any atom is 0.246 e. The molecule has 0 radical (unpaired) electrons. The Bertz CT molecular complexity index is 721. The molecule has 0 atom stereocenters. The summed E-state index contributed by atoms with van der Waals surface area (Å²) in [4.78, 5) is 1.17. The van der Waals surface area contributed by atoms with Gasteiger partial charge in [-0.1, -0.05) is 33.8 Å². The average Bonchev–Trinajstić information content (AvgIpc) is 3.05. The van der Waals surface area contributed by atoms with Crippen LogP contribution in [-0.4, -0.2) is 35.6 Å². The van der Waals surface area contributed by atoms with E-state index in [1.807, 2.05) is 45.2 Å². The van der Waals surface area contributed by atoms with Crippen molar-refractivity contribution >= 4 is 21.4 Å². The number of sulfonamides is 1. The van der Waals surface area contributed by atoms with Crippen LogP contribution in [0.15, 0.2) is 28.6 Å². The van der Waals surface area contributed by atoms with E-state index >= 15 is 0 Å². The molecule has 0 bridgehead atoms. The third-order valence-electron chi connectivity index (χ3n) is 3.31. The van der Waals surface area contributed by atoms with Gasteiger partial charge in [-0.15, -0.1) is 11.3 Å². The quantitative estimate of drug-likeness (QED) is 0.764. The third-order valence-corrected chi connectivity index (χ3v) is 6.01. The van der Waals surface area contributed by atoms with Crippen molar-refractivity contribution in [1.29, 1.82) is 0 Å². The standard InChI is InChI=1S/C16H25N3O2S2/c1-12(2)9-19(10-13(3)4)23(20,21)15-11-18(5)17-16(15)14-7-6-8-22-14/h6-8,11-13H,9-10H2,1-5H3. The van der Waals surface area contributed by atoms with Crippen molar-refractivity contribution in [1.82, 2.24) is 14.1 Å². The number of nitrogens with zero attached hydrogens (tertiary/aromatic N) is 3. The Hall–Kier alpha value is -1.18. The summed E-state index contributed by atoms with van der Waals surface area (Å²) in [6, 6.07) is 3.81. The minimum Gasteiger partial charge on any atom is -0.274 e. The van der Waals surface area contributed by atoms with E-state index in [-0.39, 0.29) is 11.8 Å². The molecule has 23 heavy (non-hydrogen) atoms. The lowest BCUT2D eigenvalue weighted by atomic mass is 10.2. The van der Waals surface area contributed by atoms with Crippen LogP contribution in [0.4, 0.5) is 0 Å². The highest BCUT2D eigenvalue weighted by Gasteiger charge is 2.31. The summed E-state index contributed by atoms with van der Waals surface area (Å²) in [5, 5.41) is 6.31. The predicted octanol–water partition coefficient (Wildman–Crippen LogP) is 3.45. The zero-order valence-corrected chi connectivity index (χ0v) is 16.0. The van der Waals surface area contributed by atoms with E-state index in [4.69, 9.17) is 0 Å². The van der Waals surface area contributed by atoms with Crippen LogP contribution in [0.2, 0.25) is 0 Å². The van der Waals surface area contributed by atoms with Gasteiger partial charge in [0.25, 0.3) is 0 Å². The molecule has 0 fully saturated rings. The number of hydrogen-bond donors (Lipinski definition) is 0. The van der Waals surface area contributed by atoms with Gasteiger partial charge in [0.05, 0.1) is 4.88 Å². The first-order valence-electron chi connectivity index (χ1n) is 7.79. The van der Waals surface area contributed by atoms with Gasteiger partial charge in [-0.05, 0) is 23.3 Å². The first-order valence-corrected chi connectivity index (χ1v) is 10.1. The van der Waals surface area contributed by atoms with E-state index in [1.54, 1.807) is 22.2 Å². The second-order valence-corrected chi connectivity index (χ2v) is 9.46. The molecule has 2 aromatic heterocycles. The highest BCUT2D eigenvalue weighted by Crippen LogP contribution is 2.31. The molecular weight excluding hydrogens is 330 g/mol. The molecule has 0 amide bonds. The Kier molecular flexibility index (Phi) is 5.65. The molecule has 0 unspecified atom stereocenters. The molecule has 0 spiro atoms. The Morgan fingerprint density at radius 1 is 1.22 bits per heavy atom. The number of hydrogen-bond acceptors (Lipinski definition) is 4. The van der Waals surface area contributed by atoms with Crippen LogP contribution in [0.1, 0.15) is 27.7 Å². The van der Waals surface area contributed by atoms with Crippen molar-refractivity contribution < 1.29 is 8.42 Å². The van der Waals surface area contributed by atoms with Crippen LogP contribution in [-0.2, 0) is 17.1 Å². The Labute approximate surface area is 143 Å². The molecule has 0 aliphatic rings. The van der Waals surface area contributed by atoms with E-state index in [0.29, 0.717) is 23.7 Å². The third kappa shape index (κ3) is 4.22. The van der Waals surface area contributed by atoms with Gasteiger partial charge in [-0.3, -0.25) is 4.68 Å². The molecule has 0 saturated heterocycles. The lowest BCUT2D eigenvalue weighted by Crippen LogP contribution is -2.37. The summed E-state index contributed by atoms with van der Waals surface area (Å²) < 4.78 is 29.6. The van der Waals surface area contributed by atoms with Gasteiger partial charge in [0, 0.05) is 26.3 Å². The van der Waals surface area contributed by atoms with Crippen LogP contribution in [0, 0.1) is 11.8 Å². The summed E-state index contributed by atoms with van der Waals surface area (Å²) in [6.45, 7) is 9.16. The van der Waals surface area contributed by atoms with Crippen molar-refractivity contribution in [3.8, 4) is 10.6 Å². The number of aryl methyl sites for hydroxylation is 1. The zero-order valence-electron chi connectivity index (χ0n) is 14.4. The van der Waals surface area contributed by atoms with Crippen LogP contribution < -0.4 is 0 Å². The first-order chi connectivity index (χ1) is 10.7. The van der Waals surface area contributed by atoms with Crippen LogP contribution in [0.25, 0.3) is 10.6 Å². The smallest absolute Gasteiger partial charge is 0.246 e. The molecule has 0 aliphatic heterocycles. The number of aromatic nitrogens is 2.